The van der Waals surface area contributed by atoms with Crippen molar-refractivity contribution >= 4 is 28.2 Å². The van der Waals surface area contributed by atoms with Crippen molar-refractivity contribution in [2.75, 3.05) is 19.0 Å². The SMILES string of the molecule is CCCc1c(CO)sc(NC(=O)c2ccc(OC)cc2)c1C(=O)OCC. The number of anilines is 1. The van der Waals surface area contributed by atoms with Gasteiger partial charge in [0.15, 0.2) is 0 Å². The fourth-order valence-electron chi connectivity index (χ4n) is 2.58. The number of benzene rings is 1. The molecule has 0 radical (unpaired) electrons. The molecule has 0 saturated carbocycles. The molecule has 0 saturated heterocycles. The van der Waals surface area contributed by atoms with Crippen molar-refractivity contribution in [3.8, 4) is 5.75 Å². The fourth-order valence-corrected chi connectivity index (χ4v) is 3.67. The molecule has 7 heteroatoms. The van der Waals surface area contributed by atoms with Crippen LogP contribution in [0.25, 0.3) is 0 Å². The molecule has 26 heavy (non-hydrogen) atoms. The first-order chi connectivity index (χ1) is 12.5. The summed E-state index contributed by atoms with van der Waals surface area (Å²) < 4.78 is 10.2. The van der Waals surface area contributed by atoms with E-state index >= 15 is 0 Å². The van der Waals surface area contributed by atoms with Gasteiger partial charge in [-0.1, -0.05) is 13.3 Å². The summed E-state index contributed by atoms with van der Waals surface area (Å²) in [6.07, 6.45) is 1.43. The number of hydrogen-bond donors (Lipinski definition) is 2. The maximum atomic E-state index is 12.6. The van der Waals surface area contributed by atoms with E-state index in [1.807, 2.05) is 6.92 Å². The first-order valence-electron chi connectivity index (χ1n) is 8.43. The summed E-state index contributed by atoms with van der Waals surface area (Å²) in [7, 11) is 1.55. The van der Waals surface area contributed by atoms with Gasteiger partial charge in [-0.05, 0) is 43.2 Å². The lowest BCUT2D eigenvalue weighted by Crippen LogP contribution is -2.15. The molecule has 0 aliphatic rings. The third-order valence-electron chi connectivity index (χ3n) is 3.79. The Labute approximate surface area is 156 Å². The number of ether oxygens (including phenoxy) is 2. The number of amides is 1. The number of aliphatic hydroxyl groups excluding tert-OH is 1. The average molecular weight is 377 g/mol. The molecular formula is C19H23NO5S. The van der Waals surface area contributed by atoms with Gasteiger partial charge in [0.05, 0.1) is 25.9 Å². The van der Waals surface area contributed by atoms with Crippen molar-refractivity contribution in [2.45, 2.75) is 33.3 Å². The summed E-state index contributed by atoms with van der Waals surface area (Å²) >= 11 is 1.20. The maximum Gasteiger partial charge on any atom is 0.341 e. The quantitative estimate of drug-likeness (QED) is 0.686. The molecular weight excluding hydrogens is 354 g/mol. The number of carbonyl (C=O) groups is 2. The molecule has 0 atom stereocenters. The van der Waals surface area contributed by atoms with Crippen LogP contribution in [-0.4, -0.2) is 30.7 Å². The van der Waals surface area contributed by atoms with Gasteiger partial charge in [-0.2, -0.15) is 0 Å². The minimum atomic E-state index is -0.489. The Morgan fingerprint density at radius 2 is 1.88 bits per heavy atom. The van der Waals surface area contributed by atoms with Gasteiger partial charge in [0.1, 0.15) is 10.8 Å². The second-order valence-corrected chi connectivity index (χ2v) is 6.62. The summed E-state index contributed by atoms with van der Waals surface area (Å²) in [6, 6.07) is 6.67. The van der Waals surface area contributed by atoms with E-state index in [0.717, 1.165) is 12.0 Å². The molecule has 1 heterocycles. The molecule has 0 spiro atoms. The summed E-state index contributed by atoms with van der Waals surface area (Å²) in [4.78, 5) is 25.6. The zero-order chi connectivity index (χ0) is 19.1. The zero-order valence-electron chi connectivity index (χ0n) is 15.1. The van der Waals surface area contributed by atoms with Crippen LogP contribution in [0, 0.1) is 0 Å². The van der Waals surface area contributed by atoms with Crippen molar-refractivity contribution in [1.82, 2.24) is 0 Å². The van der Waals surface area contributed by atoms with Gasteiger partial charge in [-0.25, -0.2) is 4.79 Å². The summed E-state index contributed by atoms with van der Waals surface area (Å²) in [5.74, 6) is -0.179. The van der Waals surface area contributed by atoms with Gasteiger partial charge in [0.25, 0.3) is 5.91 Å². The highest BCUT2D eigenvalue weighted by atomic mass is 32.1. The third-order valence-corrected chi connectivity index (χ3v) is 4.93. The Morgan fingerprint density at radius 3 is 2.42 bits per heavy atom. The van der Waals surface area contributed by atoms with E-state index in [1.54, 1.807) is 38.3 Å². The van der Waals surface area contributed by atoms with Crippen molar-refractivity contribution in [3.63, 3.8) is 0 Å². The smallest absolute Gasteiger partial charge is 0.341 e. The Balaban J connectivity index is 2.36. The van der Waals surface area contributed by atoms with E-state index in [4.69, 9.17) is 9.47 Å². The van der Waals surface area contributed by atoms with E-state index in [1.165, 1.54) is 11.3 Å². The second kappa shape index (κ2) is 9.35. The van der Waals surface area contributed by atoms with Crippen LogP contribution >= 0.6 is 11.3 Å². The number of methoxy groups -OCH3 is 1. The number of hydrogen-bond acceptors (Lipinski definition) is 6. The van der Waals surface area contributed by atoms with Gasteiger partial charge >= 0.3 is 5.97 Å². The molecule has 0 aliphatic carbocycles. The lowest BCUT2D eigenvalue weighted by molar-refractivity contribution is 0.0526. The lowest BCUT2D eigenvalue weighted by atomic mass is 10.1. The minimum Gasteiger partial charge on any atom is -0.497 e. The highest BCUT2D eigenvalue weighted by Crippen LogP contribution is 2.35. The number of rotatable bonds is 8. The molecule has 0 unspecified atom stereocenters. The average Bonchev–Trinajstić information content (AvgIpc) is 2.99. The van der Waals surface area contributed by atoms with Crippen molar-refractivity contribution in [3.05, 3.63) is 45.8 Å². The highest BCUT2D eigenvalue weighted by molar-refractivity contribution is 7.17. The highest BCUT2D eigenvalue weighted by Gasteiger charge is 2.25. The Morgan fingerprint density at radius 1 is 1.19 bits per heavy atom. The predicted octanol–water partition coefficient (Wildman–Crippen LogP) is 3.63. The van der Waals surface area contributed by atoms with Crippen LogP contribution in [0.1, 0.15) is 51.4 Å². The van der Waals surface area contributed by atoms with Crippen LogP contribution < -0.4 is 10.1 Å². The van der Waals surface area contributed by atoms with E-state index in [2.05, 4.69) is 5.32 Å². The number of esters is 1. The van der Waals surface area contributed by atoms with Crippen LogP contribution in [0.4, 0.5) is 5.00 Å². The molecule has 1 amide bonds. The van der Waals surface area contributed by atoms with Gasteiger partial charge in [0.2, 0.25) is 0 Å². The molecule has 2 aromatic rings. The minimum absolute atomic E-state index is 0.190. The van der Waals surface area contributed by atoms with Crippen LogP contribution in [-0.2, 0) is 17.8 Å². The van der Waals surface area contributed by atoms with Gasteiger partial charge in [-0.15, -0.1) is 11.3 Å². The van der Waals surface area contributed by atoms with Crippen molar-refractivity contribution in [1.29, 1.82) is 0 Å². The van der Waals surface area contributed by atoms with Crippen LogP contribution in [0.3, 0.4) is 0 Å². The summed E-state index contributed by atoms with van der Waals surface area (Å²) in [5.41, 5.74) is 1.52. The molecule has 0 fully saturated rings. The number of nitrogens with one attached hydrogen (secondary N) is 1. The Hall–Kier alpha value is -2.38. The Bertz CT molecular complexity index is 767. The number of carbonyl (C=O) groups excluding carboxylic acids is 2. The van der Waals surface area contributed by atoms with Crippen LogP contribution in [0.5, 0.6) is 5.75 Å². The van der Waals surface area contributed by atoms with Gasteiger partial charge in [0, 0.05) is 10.4 Å². The maximum absolute atomic E-state index is 12.6. The summed E-state index contributed by atoms with van der Waals surface area (Å²) in [5, 5.41) is 12.8. The number of thiophene rings is 1. The van der Waals surface area contributed by atoms with Gasteiger partial charge < -0.3 is 19.9 Å². The molecule has 2 rings (SSSR count). The van der Waals surface area contributed by atoms with Crippen molar-refractivity contribution < 1.29 is 24.2 Å². The number of aliphatic hydroxyl groups is 1. The molecule has 1 aromatic carbocycles. The van der Waals surface area contributed by atoms with Crippen molar-refractivity contribution in [2.24, 2.45) is 0 Å². The summed E-state index contributed by atoms with van der Waals surface area (Å²) in [6.45, 7) is 3.76. The van der Waals surface area contributed by atoms with E-state index < -0.39 is 5.97 Å². The van der Waals surface area contributed by atoms with Crippen LogP contribution in [0.2, 0.25) is 0 Å². The third kappa shape index (κ3) is 4.42. The van der Waals surface area contributed by atoms with Crippen LogP contribution in [0.15, 0.2) is 24.3 Å². The monoisotopic (exact) mass is 377 g/mol. The van der Waals surface area contributed by atoms with E-state index in [9.17, 15) is 14.7 Å². The topological polar surface area (TPSA) is 84.9 Å². The fraction of sp³-hybridized carbons (Fsp3) is 0.368. The molecule has 0 aliphatic heterocycles. The molecule has 6 nitrogen and oxygen atoms in total. The Kier molecular flexibility index (Phi) is 7.17. The lowest BCUT2D eigenvalue weighted by Gasteiger charge is -2.09. The van der Waals surface area contributed by atoms with E-state index in [0.29, 0.717) is 33.2 Å². The largest absolute Gasteiger partial charge is 0.497 e. The standard InChI is InChI=1S/C19H23NO5S/c1-4-6-14-15(11-21)26-18(16(14)19(23)25-5-2)20-17(22)12-7-9-13(24-3)10-8-12/h7-10,21H,4-6,11H2,1-3H3,(H,20,22). The first-order valence-corrected chi connectivity index (χ1v) is 9.25. The molecule has 0 bridgehead atoms. The first kappa shape index (κ1) is 19.9. The molecule has 2 N–H and O–H groups in total. The molecule has 140 valence electrons. The predicted molar refractivity (Wildman–Crippen MR) is 101 cm³/mol. The van der Waals surface area contributed by atoms with Gasteiger partial charge in [-0.3, -0.25) is 4.79 Å². The zero-order valence-corrected chi connectivity index (χ0v) is 15.9. The normalized spacial score (nSPS) is 10.5. The van der Waals surface area contributed by atoms with E-state index in [-0.39, 0.29) is 19.1 Å². The molecule has 1 aromatic heterocycles. The second-order valence-electron chi connectivity index (χ2n) is 5.52.